The van der Waals surface area contributed by atoms with E-state index in [9.17, 15) is 0 Å². The van der Waals surface area contributed by atoms with Gasteiger partial charge in [-0.1, -0.05) is 0 Å². The van der Waals surface area contributed by atoms with E-state index in [1.54, 1.807) is 0 Å². The molecule has 2 aromatic rings. The summed E-state index contributed by atoms with van der Waals surface area (Å²) >= 11 is 0. The van der Waals surface area contributed by atoms with Crippen molar-refractivity contribution in [1.29, 1.82) is 0 Å². The Hall–Kier alpha value is -1.39. The molecular weight excluding hydrogens is 212 g/mol. The first-order valence-corrected chi connectivity index (χ1v) is 6.22. The van der Waals surface area contributed by atoms with Crippen molar-refractivity contribution >= 4 is 5.65 Å². The van der Waals surface area contributed by atoms with Crippen molar-refractivity contribution in [3.63, 3.8) is 0 Å². The molecule has 1 saturated heterocycles. The number of piperazine rings is 1. The van der Waals surface area contributed by atoms with Crippen molar-refractivity contribution in [3.8, 4) is 0 Å². The number of hydrogen-bond acceptors (Lipinski definition) is 3. The predicted octanol–water partition coefficient (Wildman–Crippen LogP) is 1.30. The third-order valence-corrected chi connectivity index (χ3v) is 3.60. The lowest BCUT2D eigenvalue weighted by atomic mass is 10.1. The molecule has 1 aliphatic rings. The van der Waals surface area contributed by atoms with Gasteiger partial charge in [-0.3, -0.25) is 4.90 Å². The normalized spacial score (nSPS) is 19.6. The van der Waals surface area contributed by atoms with E-state index in [1.807, 2.05) is 16.8 Å². The van der Waals surface area contributed by atoms with Gasteiger partial charge in [-0.2, -0.15) is 0 Å². The lowest BCUT2D eigenvalue weighted by Gasteiger charge is -2.33. The summed E-state index contributed by atoms with van der Waals surface area (Å²) in [6.45, 7) is 6.72. The summed E-state index contributed by atoms with van der Waals surface area (Å²) in [4.78, 5) is 6.86. The Labute approximate surface area is 101 Å². The zero-order chi connectivity index (χ0) is 11.7. The van der Waals surface area contributed by atoms with Crippen LogP contribution in [0.2, 0.25) is 0 Å². The third kappa shape index (κ3) is 2.06. The smallest absolute Gasteiger partial charge is 0.136 e. The van der Waals surface area contributed by atoms with E-state index in [2.05, 4.69) is 40.5 Å². The minimum atomic E-state index is 0.471. The summed E-state index contributed by atoms with van der Waals surface area (Å²) in [6, 6.07) is 4.85. The summed E-state index contributed by atoms with van der Waals surface area (Å²) in [5, 5.41) is 3.39. The number of aromatic nitrogens is 2. The minimum Gasteiger partial charge on any atom is -0.314 e. The topological polar surface area (TPSA) is 32.6 Å². The summed E-state index contributed by atoms with van der Waals surface area (Å²) < 4.78 is 2.05. The van der Waals surface area contributed by atoms with E-state index in [4.69, 9.17) is 0 Å². The molecule has 90 valence electrons. The molecule has 1 atom stereocenters. The van der Waals surface area contributed by atoms with Gasteiger partial charge >= 0.3 is 0 Å². The molecule has 0 aliphatic carbocycles. The highest BCUT2D eigenvalue weighted by atomic mass is 15.2. The lowest BCUT2D eigenvalue weighted by Crippen LogP contribution is -2.44. The maximum atomic E-state index is 4.34. The number of hydrogen-bond donors (Lipinski definition) is 1. The van der Waals surface area contributed by atoms with Crippen molar-refractivity contribution in [1.82, 2.24) is 19.6 Å². The molecule has 0 saturated carbocycles. The monoisotopic (exact) mass is 230 g/mol. The van der Waals surface area contributed by atoms with Crippen molar-refractivity contribution < 1.29 is 0 Å². The average molecular weight is 230 g/mol. The van der Waals surface area contributed by atoms with Crippen LogP contribution in [0.3, 0.4) is 0 Å². The Morgan fingerprint density at radius 2 is 2.12 bits per heavy atom. The number of fused-ring (bicyclic) bond motifs is 1. The van der Waals surface area contributed by atoms with Gasteiger partial charge in [-0.15, -0.1) is 0 Å². The molecule has 1 N–H and O–H groups in total. The highest BCUT2D eigenvalue weighted by Crippen LogP contribution is 2.21. The Bertz CT molecular complexity index is 499. The summed E-state index contributed by atoms with van der Waals surface area (Å²) in [6.07, 6.45) is 5.92. The molecule has 2 aromatic heterocycles. The Kier molecular flexibility index (Phi) is 2.82. The maximum Gasteiger partial charge on any atom is 0.136 e. The fourth-order valence-corrected chi connectivity index (χ4v) is 2.47. The van der Waals surface area contributed by atoms with E-state index in [-0.39, 0.29) is 0 Å². The fraction of sp³-hybridized carbons (Fsp3) is 0.462. The molecule has 0 radical (unpaired) electrons. The molecular formula is C13H18N4. The van der Waals surface area contributed by atoms with Crippen LogP contribution in [0.1, 0.15) is 18.5 Å². The standard InChI is InChI=1S/C13H18N4/c1-11(16-7-3-14-4-8-16)12-2-6-17-9-5-15-13(17)10-12/h2,5-6,9-11,14H,3-4,7-8H2,1H3. The van der Waals surface area contributed by atoms with E-state index in [0.29, 0.717) is 6.04 Å². The second kappa shape index (κ2) is 4.47. The van der Waals surface area contributed by atoms with E-state index in [0.717, 1.165) is 31.8 Å². The van der Waals surface area contributed by atoms with Crippen LogP contribution in [-0.2, 0) is 0 Å². The van der Waals surface area contributed by atoms with Crippen LogP contribution in [0.25, 0.3) is 5.65 Å². The van der Waals surface area contributed by atoms with Crippen LogP contribution in [0.15, 0.2) is 30.7 Å². The van der Waals surface area contributed by atoms with Gasteiger partial charge in [-0.25, -0.2) is 4.98 Å². The molecule has 4 nitrogen and oxygen atoms in total. The van der Waals surface area contributed by atoms with E-state index >= 15 is 0 Å². The molecule has 0 bridgehead atoms. The van der Waals surface area contributed by atoms with Crippen LogP contribution in [-0.4, -0.2) is 40.5 Å². The first-order chi connectivity index (χ1) is 8.34. The van der Waals surface area contributed by atoms with Crippen molar-refractivity contribution in [2.45, 2.75) is 13.0 Å². The first kappa shape index (κ1) is 10.7. The molecule has 4 heteroatoms. The Morgan fingerprint density at radius 1 is 1.29 bits per heavy atom. The maximum absolute atomic E-state index is 4.34. The largest absolute Gasteiger partial charge is 0.314 e. The van der Waals surface area contributed by atoms with Crippen molar-refractivity contribution in [2.24, 2.45) is 0 Å². The number of rotatable bonds is 2. The molecule has 0 amide bonds. The van der Waals surface area contributed by atoms with Gasteiger partial charge in [0.1, 0.15) is 5.65 Å². The van der Waals surface area contributed by atoms with Crippen LogP contribution in [0.5, 0.6) is 0 Å². The predicted molar refractivity (Wildman–Crippen MR) is 68.0 cm³/mol. The van der Waals surface area contributed by atoms with Gasteiger partial charge in [0.05, 0.1) is 0 Å². The molecule has 3 rings (SSSR count). The van der Waals surface area contributed by atoms with Gasteiger partial charge < -0.3 is 9.72 Å². The van der Waals surface area contributed by atoms with E-state index < -0.39 is 0 Å². The minimum absolute atomic E-state index is 0.471. The van der Waals surface area contributed by atoms with Gasteiger partial charge in [0.25, 0.3) is 0 Å². The molecule has 3 heterocycles. The Morgan fingerprint density at radius 3 is 2.94 bits per heavy atom. The molecule has 1 unspecified atom stereocenters. The zero-order valence-electron chi connectivity index (χ0n) is 10.1. The third-order valence-electron chi connectivity index (χ3n) is 3.60. The molecule has 0 spiro atoms. The average Bonchev–Trinajstić information content (AvgIpc) is 2.86. The van der Waals surface area contributed by atoms with Gasteiger partial charge in [0, 0.05) is 50.8 Å². The first-order valence-electron chi connectivity index (χ1n) is 6.22. The molecule has 1 fully saturated rings. The van der Waals surface area contributed by atoms with Gasteiger partial charge in [0.15, 0.2) is 0 Å². The summed E-state index contributed by atoms with van der Waals surface area (Å²) in [5.74, 6) is 0. The van der Waals surface area contributed by atoms with Crippen LogP contribution >= 0.6 is 0 Å². The molecule has 1 aliphatic heterocycles. The fourth-order valence-electron chi connectivity index (χ4n) is 2.47. The van der Waals surface area contributed by atoms with E-state index in [1.165, 1.54) is 5.56 Å². The van der Waals surface area contributed by atoms with Crippen LogP contribution < -0.4 is 5.32 Å². The van der Waals surface area contributed by atoms with Crippen molar-refractivity contribution in [3.05, 3.63) is 36.3 Å². The zero-order valence-corrected chi connectivity index (χ0v) is 10.1. The molecule has 0 aromatic carbocycles. The highest BCUT2D eigenvalue weighted by molar-refractivity contribution is 5.42. The lowest BCUT2D eigenvalue weighted by molar-refractivity contribution is 0.185. The van der Waals surface area contributed by atoms with Crippen LogP contribution in [0, 0.1) is 0 Å². The number of imidazole rings is 1. The van der Waals surface area contributed by atoms with Gasteiger partial charge in [-0.05, 0) is 24.6 Å². The molecule has 17 heavy (non-hydrogen) atoms. The number of pyridine rings is 1. The summed E-state index contributed by atoms with van der Waals surface area (Å²) in [7, 11) is 0. The second-order valence-corrected chi connectivity index (χ2v) is 4.61. The van der Waals surface area contributed by atoms with Crippen LogP contribution in [0.4, 0.5) is 0 Å². The number of nitrogens with zero attached hydrogens (tertiary/aromatic N) is 3. The SMILES string of the molecule is CC(c1ccn2ccnc2c1)N1CCNCC1. The number of nitrogens with one attached hydrogen (secondary N) is 1. The summed E-state index contributed by atoms with van der Waals surface area (Å²) in [5.41, 5.74) is 2.38. The quantitative estimate of drug-likeness (QED) is 0.844. The second-order valence-electron chi connectivity index (χ2n) is 4.61. The highest BCUT2D eigenvalue weighted by Gasteiger charge is 2.18. The Balaban J connectivity index is 1.86. The van der Waals surface area contributed by atoms with Crippen molar-refractivity contribution in [2.75, 3.05) is 26.2 Å². The van der Waals surface area contributed by atoms with Gasteiger partial charge in [0.2, 0.25) is 0 Å².